The SMILES string of the molecule is Cn1c(=O)n(CC(=O)Nc2nccn2Cc2ccccc2)c2ccccc21. The molecule has 0 saturated heterocycles. The molecule has 0 unspecified atom stereocenters. The quantitative estimate of drug-likeness (QED) is 0.592. The molecule has 0 atom stereocenters. The van der Waals surface area contributed by atoms with Gasteiger partial charge in [0.15, 0.2) is 0 Å². The number of fused-ring (bicyclic) bond motifs is 1. The molecule has 0 fully saturated rings. The molecule has 4 rings (SSSR count). The van der Waals surface area contributed by atoms with Gasteiger partial charge >= 0.3 is 5.69 Å². The van der Waals surface area contributed by atoms with Crippen LogP contribution >= 0.6 is 0 Å². The lowest BCUT2D eigenvalue weighted by atomic mass is 10.2. The Balaban J connectivity index is 1.54. The van der Waals surface area contributed by atoms with Crippen LogP contribution in [0.15, 0.2) is 71.8 Å². The van der Waals surface area contributed by atoms with Gasteiger partial charge in [0.1, 0.15) is 6.54 Å². The molecule has 0 bridgehead atoms. The van der Waals surface area contributed by atoms with E-state index in [2.05, 4.69) is 10.3 Å². The number of carbonyl (C=O) groups is 1. The van der Waals surface area contributed by atoms with Crippen LogP contribution in [0.2, 0.25) is 0 Å². The summed E-state index contributed by atoms with van der Waals surface area (Å²) in [7, 11) is 1.70. The number of hydrogen-bond donors (Lipinski definition) is 1. The first kappa shape index (κ1) is 16.8. The van der Waals surface area contributed by atoms with Crippen molar-refractivity contribution < 1.29 is 4.79 Å². The van der Waals surface area contributed by atoms with Gasteiger partial charge in [-0.15, -0.1) is 0 Å². The third-order valence-corrected chi connectivity index (χ3v) is 4.52. The lowest BCUT2D eigenvalue weighted by Crippen LogP contribution is -2.29. The van der Waals surface area contributed by atoms with Crippen LogP contribution in [0, 0.1) is 0 Å². The van der Waals surface area contributed by atoms with E-state index in [0.29, 0.717) is 12.5 Å². The Bertz CT molecular complexity index is 1150. The fraction of sp³-hybridized carbons (Fsp3) is 0.150. The number of amides is 1. The number of aromatic nitrogens is 4. The minimum absolute atomic E-state index is 0.0710. The summed E-state index contributed by atoms with van der Waals surface area (Å²) in [6.45, 7) is 0.531. The summed E-state index contributed by atoms with van der Waals surface area (Å²) < 4.78 is 4.87. The molecular weight excluding hydrogens is 342 g/mol. The van der Waals surface area contributed by atoms with Crippen LogP contribution in [0.4, 0.5) is 5.95 Å². The largest absolute Gasteiger partial charge is 0.329 e. The van der Waals surface area contributed by atoms with Crippen molar-refractivity contribution in [2.45, 2.75) is 13.1 Å². The number of anilines is 1. The Morgan fingerprint density at radius 1 is 1.04 bits per heavy atom. The Kier molecular flexibility index (Phi) is 4.33. The van der Waals surface area contributed by atoms with Crippen molar-refractivity contribution in [3.05, 3.63) is 83.0 Å². The highest BCUT2D eigenvalue weighted by Gasteiger charge is 2.14. The first-order valence-corrected chi connectivity index (χ1v) is 8.62. The number of carbonyl (C=O) groups excluding carboxylic acids is 1. The van der Waals surface area contributed by atoms with E-state index in [1.165, 1.54) is 4.57 Å². The molecule has 2 heterocycles. The number of nitrogens with zero attached hydrogens (tertiary/aromatic N) is 4. The summed E-state index contributed by atoms with van der Waals surface area (Å²) >= 11 is 0. The third-order valence-electron chi connectivity index (χ3n) is 4.52. The van der Waals surface area contributed by atoms with Gasteiger partial charge in [-0.25, -0.2) is 9.78 Å². The zero-order valence-corrected chi connectivity index (χ0v) is 14.9. The van der Waals surface area contributed by atoms with Crippen LogP contribution in [-0.4, -0.2) is 24.6 Å². The van der Waals surface area contributed by atoms with Crippen molar-refractivity contribution in [1.29, 1.82) is 0 Å². The molecule has 1 amide bonds. The molecule has 136 valence electrons. The molecule has 4 aromatic rings. The number of rotatable bonds is 5. The van der Waals surface area contributed by atoms with Crippen LogP contribution in [-0.2, 0) is 24.9 Å². The minimum atomic E-state index is -0.297. The van der Waals surface area contributed by atoms with Crippen LogP contribution in [0.5, 0.6) is 0 Å². The highest BCUT2D eigenvalue weighted by molar-refractivity contribution is 5.90. The van der Waals surface area contributed by atoms with E-state index in [1.807, 2.05) is 65.4 Å². The van der Waals surface area contributed by atoms with E-state index in [-0.39, 0.29) is 18.1 Å². The predicted octanol–water partition coefficient (Wildman–Crippen LogP) is 2.22. The fourth-order valence-electron chi connectivity index (χ4n) is 3.16. The van der Waals surface area contributed by atoms with Gasteiger partial charge in [0.05, 0.1) is 17.6 Å². The van der Waals surface area contributed by atoms with Crippen molar-refractivity contribution in [3.8, 4) is 0 Å². The molecule has 0 spiro atoms. The van der Waals surface area contributed by atoms with Crippen LogP contribution < -0.4 is 11.0 Å². The molecule has 2 aromatic carbocycles. The van der Waals surface area contributed by atoms with Gasteiger partial charge in [-0.3, -0.25) is 19.2 Å². The number of imidazole rings is 2. The Labute approximate surface area is 155 Å². The summed E-state index contributed by atoms with van der Waals surface area (Å²) in [5.41, 5.74) is 2.41. The molecule has 2 aromatic heterocycles. The number of nitrogens with one attached hydrogen (secondary N) is 1. The second-order valence-electron chi connectivity index (χ2n) is 6.33. The second kappa shape index (κ2) is 6.95. The molecule has 0 aliphatic rings. The van der Waals surface area contributed by atoms with Crippen LogP contribution in [0.25, 0.3) is 11.0 Å². The maximum atomic E-state index is 12.6. The molecule has 7 heteroatoms. The summed E-state index contributed by atoms with van der Waals surface area (Å²) in [4.78, 5) is 29.2. The van der Waals surface area contributed by atoms with E-state index >= 15 is 0 Å². The van der Waals surface area contributed by atoms with E-state index in [9.17, 15) is 9.59 Å². The van der Waals surface area contributed by atoms with E-state index in [4.69, 9.17) is 0 Å². The van der Waals surface area contributed by atoms with Crippen molar-refractivity contribution in [2.75, 3.05) is 5.32 Å². The highest BCUT2D eigenvalue weighted by atomic mass is 16.2. The Hall–Kier alpha value is -3.61. The molecule has 0 saturated carbocycles. The Morgan fingerprint density at radius 2 is 1.74 bits per heavy atom. The van der Waals surface area contributed by atoms with Crippen molar-refractivity contribution in [1.82, 2.24) is 18.7 Å². The molecule has 27 heavy (non-hydrogen) atoms. The van der Waals surface area contributed by atoms with Crippen LogP contribution in [0.1, 0.15) is 5.56 Å². The monoisotopic (exact) mass is 361 g/mol. The van der Waals surface area contributed by atoms with Crippen molar-refractivity contribution >= 4 is 22.9 Å². The summed E-state index contributed by atoms with van der Waals surface area (Å²) in [6.07, 6.45) is 3.45. The topological polar surface area (TPSA) is 73.8 Å². The first-order chi connectivity index (χ1) is 13.1. The standard InChI is InChI=1S/C20H19N5O2/c1-23-16-9-5-6-10-17(16)25(20(23)27)14-18(26)22-19-21-11-12-24(19)13-15-7-3-2-4-8-15/h2-12H,13-14H2,1H3,(H,21,22,26). The lowest BCUT2D eigenvalue weighted by Gasteiger charge is -2.09. The molecule has 7 nitrogen and oxygen atoms in total. The normalized spacial score (nSPS) is 11.0. The van der Waals surface area contributed by atoms with Gasteiger partial charge in [0.25, 0.3) is 0 Å². The smallest absolute Gasteiger partial charge is 0.313 e. The third kappa shape index (κ3) is 3.27. The number of hydrogen-bond acceptors (Lipinski definition) is 3. The average molecular weight is 361 g/mol. The van der Waals surface area contributed by atoms with E-state index in [0.717, 1.165) is 16.6 Å². The van der Waals surface area contributed by atoms with E-state index < -0.39 is 0 Å². The van der Waals surface area contributed by atoms with Gasteiger partial charge in [-0.2, -0.15) is 0 Å². The maximum Gasteiger partial charge on any atom is 0.329 e. The molecule has 0 radical (unpaired) electrons. The first-order valence-electron chi connectivity index (χ1n) is 8.62. The maximum absolute atomic E-state index is 12.6. The fourth-order valence-corrected chi connectivity index (χ4v) is 3.16. The molecule has 0 aliphatic carbocycles. The average Bonchev–Trinajstić information content (AvgIpc) is 3.21. The molecule has 1 N–H and O–H groups in total. The molecular formula is C20H19N5O2. The van der Waals surface area contributed by atoms with Crippen molar-refractivity contribution in [2.24, 2.45) is 7.05 Å². The summed E-state index contributed by atoms with van der Waals surface area (Å²) in [5, 5.41) is 2.80. The van der Waals surface area contributed by atoms with Crippen LogP contribution in [0.3, 0.4) is 0 Å². The second-order valence-corrected chi connectivity index (χ2v) is 6.33. The highest BCUT2D eigenvalue weighted by Crippen LogP contribution is 2.12. The minimum Gasteiger partial charge on any atom is -0.313 e. The summed E-state index contributed by atoms with van der Waals surface area (Å²) in [6, 6.07) is 17.3. The number of aryl methyl sites for hydroxylation is 1. The zero-order valence-electron chi connectivity index (χ0n) is 14.9. The van der Waals surface area contributed by atoms with Crippen molar-refractivity contribution in [3.63, 3.8) is 0 Å². The van der Waals surface area contributed by atoms with Gasteiger partial charge < -0.3 is 4.57 Å². The summed E-state index contributed by atoms with van der Waals surface area (Å²) in [5.74, 6) is 0.158. The number of para-hydroxylation sites is 2. The van der Waals surface area contributed by atoms with Gasteiger partial charge in [-0.05, 0) is 17.7 Å². The van der Waals surface area contributed by atoms with Gasteiger partial charge in [0.2, 0.25) is 11.9 Å². The zero-order chi connectivity index (χ0) is 18.8. The molecule has 0 aliphatic heterocycles. The Morgan fingerprint density at radius 3 is 2.52 bits per heavy atom. The predicted molar refractivity (Wildman–Crippen MR) is 104 cm³/mol. The number of benzene rings is 2. The van der Waals surface area contributed by atoms with Gasteiger partial charge in [0, 0.05) is 19.4 Å². The van der Waals surface area contributed by atoms with E-state index in [1.54, 1.807) is 17.8 Å². The van der Waals surface area contributed by atoms with Gasteiger partial charge in [-0.1, -0.05) is 42.5 Å². The lowest BCUT2D eigenvalue weighted by molar-refractivity contribution is -0.116.